The number of ketones is 1. The van der Waals surface area contributed by atoms with E-state index in [-0.39, 0.29) is 5.78 Å². The molecule has 2 aromatic rings. The van der Waals surface area contributed by atoms with E-state index in [2.05, 4.69) is 11.6 Å². The molecule has 2 heteroatoms. The molecule has 0 aliphatic heterocycles. The van der Waals surface area contributed by atoms with E-state index in [4.69, 9.17) is 0 Å². The van der Waals surface area contributed by atoms with E-state index < -0.39 is 0 Å². The second-order valence-corrected chi connectivity index (χ2v) is 3.59. The normalized spacial score (nSPS) is 10.5. The first-order valence-corrected chi connectivity index (χ1v) is 4.95. The minimum Gasteiger partial charge on any atom is -0.361 e. The molecule has 1 aromatic heterocycles. The van der Waals surface area contributed by atoms with Gasteiger partial charge in [0.25, 0.3) is 0 Å². The molecule has 76 valence electrons. The summed E-state index contributed by atoms with van der Waals surface area (Å²) in [5, 5.41) is 1.03. The topological polar surface area (TPSA) is 32.9 Å². The van der Waals surface area contributed by atoms with Crippen molar-refractivity contribution in [3.63, 3.8) is 0 Å². The van der Waals surface area contributed by atoms with Gasteiger partial charge in [0.2, 0.25) is 0 Å². The summed E-state index contributed by atoms with van der Waals surface area (Å²) in [5.74, 6) is 0.102. The first kappa shape index (κ1) is 9.71. The number of benzene rings is 1. The third kappa shape index (κ3) is 1.59. The molecule has 2 rings (SSSR count). The molecule has 0 saturated heterocycles. The maximum absolute atomic E-state index is 11.5. The van der Waals surface area contributed by atoms with Gasteiger partial charge < -0.3 is 4.98 Å². The highest BCUT2D eigenvalue weighted by atomic mass is 16.1. The number of allylic oxidation sites excluding steroid dienone is 1. The minimum absolute atomic E-state index is 0.102. The number of fused-ring (bicyclic) bond motifs is 1. The van der Waals surface area contributed by atoms with E-state index in [1.807, 2.05) is 30.5 Å². The molecule has 0 unspecified atom stereocenters. The Kier molecular flexibility index (Phi) is 2.42. The number of aromatic nitrogens is 1. The van der Waals surface area contributed by atoms with Gasteiger partial charge >= 0.3 is 0 Å². The molecule has 0 aliphatic carbocycles. The molecule has 15 heavy (non-hydrogen) atoms. The molecule has 0 atom stereocenters. The molecule has 1 N–H and O–H groups in total. The lowest BCUT2D eigenvalue weighted by atomic mass is 10.0. The van der Waals surface area contributed by atoms with Crippen molar-refractivity contribution >= 4 is 16.7 Å². The average Bonchev–Trinajstić information content (AvgIpc) is 2.62. The van der Waals surface area contributed by atoms with Crippen LogP contribution in [0.4, 0.5) is 0 Å². The Labute approximate surface area is 88.6 Å². The number of Topliss-reactive ketones (excluding diaryl/α,β-unsaturated/α-hetero) is 1. The number of hydrogen-bond donors (Lipinski definition) is 1. The number of H-pyrrole nitrogens is 1. The maximum Gasteiger partial charge on any atom is 0.160 e. The molecule has 0 saturated carbocycles. The fraction of sp³-hybridized carbons (Fsp3) is 0.154. The van der Waals surface area contributed by atoms with E-state index in [1.54, 1.807) is 6.92 Å². The Hall–Kier alpha value is -1.83. The van der Waals surface area contributed by atoms with Crippen molar-refractivity contribution in [3.05, 3.63) is 48.2 Å². The van der Waals surface area contributed by atoms with Gasteiger partial charge in [-0.25, -0.2) is 0 Å². The number of rotatable bonds is 3. The SMILES string of the molecule is C=CCc1c[nH]c2cccc(C(C)=O)c12. The highest BCUT2D eigenvalue weighted by Gasteiger charge is 2.09. The average molecular weight is 199 g/mol. The highest BCUT2D eigenvalue weighted by molar-refractivity contribution is 6.07. The van der Waals surface area contributed by atoms with Crippen LogP contribution in [-0.2, 0) is 6.42 Å². The first-order valence-electron chi connectivity index (χ1n) is 4.95. The Morgan fingerprint density at radius 3 is 3.00 bits per heavy atom. The summed E-state index contributed by atoms with van der Waals surface area (Å²) in [4.78, 5) is 14.6. The lowest BCUT2D eigenvalue weighted by Crippen LogP contribution is -1.93. The second-order valence-electron chi connectivity index (χ2n) is 3.59. The highest BCUT2D eigenvalue weighted by Crippen LogP contribution is 2.23. The number of hydrogen-bond acceptors (Lipinski definition) is 1. The fourth-order valence-corrected chi connectivity index (χ4v) is 1.87. The summed E-state index contributed by atoms with van der Waals surface area (Å²) in [5.41, 5.74) is 2.93. The molecule has 0 amide bonds. The fourth-order valence-electron chi connectivity index (χ4n) is 1.87. The number of carbonyl (C=O) groups excluding carboxylic acids is 1. The van der Waals surface area contributed by atoms with Crippen LogP contribution in [0.1, 0.15) is 22.8 Å². The van der Waals surface area contributed by atoms with Crippen molar-refractivity contribution in [2.24, 2.45) is 0 Å². The zero-order chi connectivity index (χ0) is 10.8. The minimum atomic E-state index is 0.102. The van der Waals surface area contributed by atoms with Gasteiger partial charge in [0.05, 0.1) is 0 Å². The molecule has 0 fully saturated rings. The van der Waals surface area contributed by atoms with Crippen molar-refractivity contribution < 1.29 is 4.79 Å². The Bertz CT molecular complexity index is 522. The van der Waals surface area contributed by atoms with E-state index in [0.29, 0.717) is 0 Å². The van der Waals surface area contributed by atoms with E-state index in [9.17, 15) is 4.79 Å². The lowest BCUT2D eigenvalue weighted by molar-refractivity contribution is 0.101. The van der Waals surface area contributed by atoms with Crippen molar-refractivity contribution in [2.45, 2.75) is 13.3 Å². The smallest absolute Gasteiger partial charge is 0.160 e. The summed E-state index contributed by atoms with van der Waals surface area (Å²) in [6, 6.07) is 5.74. The van der Waals surface area contributed by atoms with Crippen LogP contribution in [0.15, 0.2) is 37.1 Å². The van der Waals surface area contributed by atoms with Crippen LogP contribution in [-0.4, -0.2) is 10.8 Å². The van der Waals surface area contributed by atoms with Gasteiger partial charge in [0, 0.05) is 22.7 Å². The Balaban J connectivity index is 2.74. The molecule has 0 aliphatic rings. The third-order valence-electron chi connectivity index (χ3n) is 2.53. The zero-order valence-electron chi connectivity index (χ0n) is 8.71. The summed E-state index contributed by atoms with van der Waals surface area (Å²) < 4.78 is 0. The van der Waals surface area contributed by atoms with Crippen LogP contribution in [0, 0.1) is 0 Å². The summed E-state index contributed by atoms with van der Waals surface area (Å²) in [7, 11) is 0. The van der Waals surface area contributed by atoms with E-state index >= 15 is 0 Å². The summed E-state index contributed by atoms with van der Waals surface area (Å²) in [6.07, 6.45) is 4.57. The maximum atomic E-state index is 11.5. The van der Waals surface area contributed by atoms with Crippen LogP contribution in [0.2, 0.25) is 0 Å². The molecule has 1 heterocycles. The van der Waals surface area contributed by atoms with Crippen LogP contribution in [0.25, 0.3) is 10.9 Å². The third-order valence-corrected chi connectivity index (χ3v) is 2.53. The quantitative estimate of drug-likeness (QED) is 0.598. The first-order chi connectivity index (χ1) is 7.24. The Morgan fingerprint density at radius 1 is 1.53 bits per heavy atom. The van der Waals surface area contributed by atoms with Gasteiger partial charge in [-0.3, -0.25) is 4.79 Å². The predicted molar refractivity (Wildman–Crippen MR) is 62.2 cm³/mol. The van der Waals surface area contributed by atoms with Gasteiger partial charge in [-0.1, -0.05) is 18.2 Å². The molecule has 1 aromatic carbocycles. The van der Waals surface area contributed by atoms with Crippen LogP contribution in [0.3, 0.4) is 0 Å². The molecule has 0 spiro atoms. The van der Waals surface area contributed by atoms with Gasteiger partial charge in [0.1, 0.15) is 0 Å². The summed E-state index contributed by atoms with van der Waals surface area (Å²) in [6.45, 7) is 5.31. The Morgan fingerprint density at radius 2 is 2.33 bits per heavy atom. The van der Waals surface area contributed by atoms with Gasteiger partial charge in [-0.05, 0) is 25.0 Å². The number of aromatic amines is 1. The van der Waals surface area contributed by atoms with E-state index in [0.717, 1.165) is 28.5 Å². The molecular formula is C13H13NO. The lowest BCUT2D eigenvalue weighted by Gasteiger charge is -2.00. The summed E-state index contributed by atoms with van der Waals surface area (Å²) >= 11 is 0. The standard InChI is InChI=1S/C13H13NO/c1-3-5-10-8-14-12-7-4-6-11(9(2)15)13(10)12/h3-4,6-8,14H,1,5H2,2H3. The predicted octanol–water partition coefficient (Wildman–Crippen LogP) is 3.10. The molecule has 0 radical (unpaired) electrons. The molecule has 0 bridgehead atoms. The second kappa shape index (κ2) is 3.73. The van der Waals surface area contributed by atoms with Crippen molar-refractivity contribution in [3.8, 4) is 0 Å². The van der Waals surface area contributed by atoms with Gasteiger partial charge in [0.15, 0.2) is 5.78 Å². The van der Waals surface area contributed by atoms with E-state index in [1.165, 1.54) is 0 Å². The van der Waals surface area contributed by atoms with Crippen molar-refractivity contribution in [2.75, 3.05) is 0 Å². The van der Waals surface area contributed by atoms with Gasteiger partial charge in [-0.2, -0.15) is 0 Å². The van der Waals surface area contributed by atoms with Gasteiger partial charge in [-0.15, -0.1) is 6.58 Å². The number of carbonyl (C=O) groups is 1. The van der Waals surface area contributed by atoms with Crippen molar-refractivity contribution in [1.82, 2.24) is 4.98 Å². The van der Waals surface area contributed by atoms with Crippen LogP contribution < -0.4 is 0 Å². The largest absolute Gasteiger partial charge is 0.361 e. The number of nitrogens with one attached hydrogen (secondary N) is 1. The van der Waals surface area contributed by atoms with Crippen LogP contribution >= 0.6 is 0 Å². The van der Waals surface area contributed by atoms with Crippen LogP contribution in [0.5, 0.6) is 0 Å². The molecule has 2 nitrogen and oxygen atoms in total. The zero-order valence-corrected chi connectivity index (χ0v) is 8.71. The van der Waals surface area contributed by atoms with Crippen molar-refractivity contribution in [1.29, 1.82) is 0 Å². The monoisotopic (exact) mass is 199 g/mol. The molecular weight excluding hydrogens is 186 g/mol.